The van der Waals surface area contributed by atoms with Crippen LogP contribution in [0.1, 0.15) is 96.2 Å². The average Bonchev–Trinajstić information content (AvgIpc) is 3.06. The van der Waals surface area contributed by atoms with E-state index in [0.717, 1.165) is 52.5 Å². The predicted octanol–water partition coefficient (Wildman–Crippen LogP) is 6.70. The van der Waals surface area contributed by atoms with Gasteiger partial charge in [0.1, 0.15) is 11.3 Å². The van der Waals surface area contributed by atoms with E-state index in [-0.39, 0.29) is 17.8 Å². The zero-order valence-electron chi connectivity index (χ0n) is 19.6. The Bertz CT molecular complexity index is 1100. The first-order valence-electron chi connectivity index (χ1n) is 12.2. The molecule has 168 valence electrons. The van der Waals surface area contributed by atoms with Crippen LogP contribution in [0.3, 0.4) is 0 Å². The van der Waals surface area contributed by atoms with Gasteiger partial charge in [-0.1, -0.05) is 45.4 Å². The number of ether oxygens (including phenoxy) is 1. The Labute approximate surface area is 185 Å². The van der Waals surface area contributed by atoms with Gasteiger partial charge in [0.2, 0.25) is 0 Å². The number of hydrogen-bond acceptors (Lipinski definition) is 3. The van der Waals surface area contributed by atoms with Gasteiger partial charge in [-0.3, -0.25) is 9.13 Å². The molecule has 1 aliphatic carbocycles. The molecular formula is C26H37N3O2. The molecule has 31 heavy (non-hydrogen) atoms. The van der Waals surface area contributed by atoms with Crippen LogP contribution in [0.2, 0.25) is 0 Å². The van der Waals surface area contributed by atoms with Crippen molar-refractivity contribution in [2.24, 2.45) is 0 Å². The maximum atomic E-state index is 13.6. The third kappa shape index (κ3) is 4.24. The fourth-order valence-corrected chi connectivity index (χ4v) is 5.13. The molecule has 0 N–H and O–H groups in total. The molecule has 0 unspecified atom stereocenters. The van der Waals surface area contributed by atoms with Crippen molar-refractivity contribution in [3.8, 4) is 5.75 Å². The van der Waals surface area contributed by atoms with Crippen LogP contribution >= 0.6 is 0 Å². The van der Waals surface area contributed by atoms with Crippen LogP contribution in [0.4, 0.5) is 0 Å². The third-order valence-corrected chi connectivity index (χ3v) is 6.66. The first-order chi connectivity index (χ1) is 15.0. The summed E-state index contributed by atoms with van der Waals surface area (Å²) in [5.74, 6) is 0.841. The minimum Gasteiger partial charge on any atom is -0.491 e. The number of pyridine rings is 1. The van der Waals surface area contributed by atoms with Gasteiger partial charge in [-0.15, -0.1) is 0 Å². The second-order valence-electron chi connectivity index (χ2n) is 9.47. The summed E-state index contributed by atoms with van der Waals surface area (Å²) in [7, 11) is 0. The van der Waals surface area contributed by atoms with Crippen LogP contribution in [0.5, 0.6) is 5.75 Å². The molecule has 0 amide bonds. The third-order valence-electron chi connectivity index (χ3n) is 6.66. The fourth-order valence-electron chi connectivity index (χ4n) is 5.13. The number of fused-ring (bicyclic) bond motifs is 3. The summed E-state index contributed by atoms with van der Waals surface area (Å²) in [6.07, 6.45) is 12.4. The summed E-state index contributed by atoms with van der Waals surface area (Å²) >= 11 is 0. The monoisotopic (exact) mass is 423 g/mol. The highest BCUT2D eigenvalue weighted by atomic mass is 16.5. The molecule has 1 aromatic carbocycles. The minimum absolute atomic E-state index is 0.0955. The summed E-state index contributed by atoms with van der Waals surface area (Å²) in [5, 5.41) is 1.04. The number of unbranched alkanes of at least 4 members (excludes halogenated alkanes) is 3. The van der Waals surface area contributed by atoms with Gasteiger partial charge < -0.3 is 4.74 Å². The van der Waals surface area contributed by atoms with Crippen molar-refractivity contribution in [1.29, 1.82) is 0 Å². The number of imidazole rings is 1. The van der Waals surface area contributed by atoms with Gasteiger partial charge in [0.15, 0.2) is 0 Å². The Hall–Kier alpha value is -2.30. The van der Waals surface area contributed by atoms with Crippen LogP contribution in [0, 0.1) is 6.92 Å². The molecular weight excluding hydrogens is 386 g/mol. The molecule has 5 nitrogen and oxygen atoms in total. The van der Waals surface area contributed by atoms with Crippen LogP contribution in [0.25, 0.3) is 21.9 Å². The highest BCUT2D eigenvalue weighted by Crippen LogP contribution is 2.36. The van der Waals surface area contributed by atoms with Crippen molar-refractivity contribution in [1.82, 2.24) is 14.1 Å². The molecule has 0 atom stereocenters. The molecule has 2 heterocycles. The van der Waals surface area contributed by atoms with E-state index < -0.39 is 0 Å². The van der Waals surface area contributed by atoms with E-state index in [1.54, 1.807) is 0 Å². The van der Waals surface area contributed by atoms with Crippen LogP contribution < -0.4 is 10.4 Å². The lowest BCUT2D eigenvalue weighted by Crippen LogP contribution is -2.29. The van der Waals surface area contributed by atoms with Crippen molar-refractivity contribution in [2.45, 2.75) is 97.6 Å². The first-order valence-corrected chi connectivity index (χ1v) is 12.2. The van der Waals surface area contributed by atoms with Crippen LogP contribution in [-0.4, -0.2) is 20.7 Å². The van der Waals surface area contributed by atoms with Crippen molar-refractivity contribution in [3.63, 3.8) is 0 Å². The number of hydrogen-bond donors (Lipinski definition) is 0. The molecule has 3 aromatic rings. The zero-order chi connectivity index (χ0) is 22.0. The molecule has 1 aliphatic rings. The summed E-state index contributed by atoms with van der Waals surface area (Å²) in [4.78, 5) is 18.4. The Morgan fingerprint density at radius 1 is 1.13 bits per heavy atom. The lowest BCUT2D eigenvalue weighted by molar-refractivity contribution is 0.308. The maximum absolute atomic E-state index is 13.6. The number of aromatic nitrogens is 3. The molecule has 1 fully saturated rings. The molecule has 1 saturated carbocycles. The van der Waals surface area contributed by atoms with Gasteiger partial charge in [0.25, 0.3) is 0 Å². The highest BCUT2D eigenvalue weighted by molar-refractivity contribution is 6.05. The Morgan fingerprint density at radius 2 is 1.90 bits per heavy atom. The lowest BCUT2D eigenvalue weighted by atomic mass is 9.95. The number of rotatable bonds is 8. The van der Waals surface area contributed by atoms with Crippen LogP contribution in [-0.2, 0) is 0 Å². The van der Waals surface area contributed by atoms with Gasteiger partial charge >= 0.3 is 5.69 Å². The minimum atomic E-state index is 0.0955. The summed E-state index contributed by atoms with van der Waals surface area (Å²) < 4.78 is 10.2. The van der Waals surface area contributed by atoms with Gasteiger partial charge in [-0.2, -0.15) is 0 Å². The molecule has 4 rings (SSSR count). The van der Waals surface area contributed by atoms with E-state index in [9.17, 15) is 4.79 Å². The standard InChI is InChI=1S/C26H37N3O2/c1-5-6-7-11-14-31-23-16-19(4)15-21-24(23)27-17-22-25(21)29(20-12-9-8-10-13-20)26(30)28(22)18(2)3/h15-18,20H,5-14H2,1-4H3. The largest absolute Gasteiger partial charge is 0.491 e. The Morgan fingerprint density at radius 3 is 2.61 bits per heavy atom. The van der Waals surface area contributed by atoms with Gasteiger partial charge in [0, 0.05) is 17.5 Å². The van der Waals surface area contributed by atoms with Gasteiger partial charge in [0.05, 0.1) is 23.8 Å². The highest BCUT2D eigenvalue weighted by Gasteiger charge is 2.25. The summed E-state index contributed by atoms with van der Waals surface area (Å²) in [5.41, 5.74) is 4.10. The smallest absolute Gasteiger partial charge is 0.329 e. The summed E-state index contributed by atoms with van der Waals surface area (Å²) in [6, 6.07) is 4.63. The molecule has 5 heteroatoms. The lowest BCUT2D eigenvalue weighted by Gasteiger charge is -2.23. The Kier molecular flexibility index (Phi) is 6.68. The zero-order valence-corrected chi connectivity index (χ0v) is 19.6. The number of aryl methyl sites for hydroxylation is 1. The quantitative estimate of drug-likeness (QED) is 0.379. The molecule has 0 radical (unpaired) electrons. The van der Waals surface area contributed by atoms with E-state index in [2.05, 4.69) is 44.4 Å². The topological polar surface area (TPSA) is 49.1 Å². The van der Waals surface area contributed by atoms with Crippen molar-refractivity contribution < 1.29 is 4.74 Å². The molecule has 2 aromatic heterocycles. The van der Waals surface area contributed by atoms with E-state index in [0.29, 0.717) is 6.61 Å². The van der Waals surface area contributed by atoms with Crippen molar-refractivity contribution in [2.75, 3.05) is 6.61 Å². The Balaban J connectivity index is 1.87. The molecule has 0 spiro atoms. The fraction of sp³-hybridized carbons (Fsp3) is 0.615. The molecule has 0 bridgehead atoms. The normalized spacial score (nSPS) is 15.4. The first kappa shape index (κ1) is 21.9. The van der Waals surface area contributed by atoms with Gasteiger partial charge in [-0.25, -0.2) is 9.78 Å². The average molecular weight is 424 g/mol. The van der Waals surface area contributed by atoms with Gasteiger partial charge in [-0.05, 0) is 57.7 Å². The van der Waals surface area contributed by atoms with E-state index in [1.807, 2.05) is 10.8 Å². The van der Waals surface area contributed by atoms with Crippen LogP contribution in [0.15, 0.2) is 23.1 Å². The molecule has 0 aliphatic heterocycles. The van der Waals surface area contributed by atoms with Crippen molar-refractivity contribution in [3.05, 3.63) is 34.4 Å². The van der Waals surface area contributed by atoms with E-state index in [4.69, 9.17) is 9.72 Å². The number of nitrogens with zero attached hydrogens (tertiary/aromatic N) is 3. The number of benzene rings is 1. The predicted molar refractivity (Wildman–Crippen MR) is 128 cm³/mol. The second-order valence-corrected chi connectivity index (χ2v) is 9.47. The summed E-state index contributed by atoms with van der Waals surface area (Å²) in [6.45, 7) is 9.19. The molecule has 0 saturated heterocycles. The maximum Gasteiger partial charge on any atom is 0.329 e. The van der Waals surface area contributed by atoms with Crippen molar-refractivity contribution >= 4 is 21.9 Å². The second kappa shape index (κ2) is 9.46. The SMILES string of the molecule is CCCCCCOc1cc(C)cc2c1ncc1c2n(C2CCCCC2)c(=O)n1C(C)C. The van der Waals surface area contributed by atoms with E-state index in [1.165, 1.54) is 38.5 Å². The van der Waals surface area contributed by atoms with E-state index >= 15 is 0 Å².